The summed E-state index contributed by atoms with van der Waals surface area (Å²) in [7, 11) is 0. The molecule has 3 atom stereocenters. The van der Waals surface area contributed by atoms with E-state index < -0.39 is 0 Å². The number of fused-ring (bicyclic) bond motifs is 1. The maximum atomic E-state index is 12.6. The summed E-state index contributed by atoms with van der Waals surface area (Å²) in [5, 5.41) is 6.55. The molecular weight excluding hydrogens is 418 g/mol. The molecule has 2 aliphatic heterocycles. The van der Waals surface area contributed by atoms with Crippen LogP contribution in [-0.4, -0.2) is 54.4 Å². The van der Waals surface area contributed by atoms with Gasteiger partial charge in [0.1, 0.15) is 6.10 Å². The number of halogens is 1. The van der Waals surface area contributed by atoms with Crippen molar-refractivity contribution in [3.05, 3.63) is 40.6 Å². The minimum absolute atomic E-state index is 0.0119. The predicted molar refractivity (Wildman–Crippen MR) is 117 cm³/mol. The van der Waals surface area contributed by atoms with Gasteiger partial charge in [-0.1, -0.05) is 29.8 Å². The molecule has 0 aromatic heterocycles. The Labute approximate surface area is 187 Å². The van der Waals surface area contributed by atoms with Gasteiger partial charge >= 0.3 is 0 Å². The molecule has 166 valence electrons. The van der Waals surface area contributed by atoms with E-state index in [1.807, 2.05) is 23.1 Å². The first-order valence-corrected chi connectivity index (χ1v) is 11.4. The summed E-state index contributed by atoms with van der Waals surface area (Å²) < 4.78 is 5.98. The quantitative estimate of drug-likeness (QED) is 0.520. The van der Waals surface area contributed by atoms with Gasteiger partial charge in [-0.15, -0.1) is 0 Å². The van der Waals surface area contributed by atoms with E-state index in [0.717, 1.165) is 24.9 Å². The van der Waals surface area contributed by atoms with Gasteiger partial charge in [0.25, 0.3) is 5.91 Å². The van der Waals surface area contributed by atoms with Crippen molar-refractivity contribution in [1.82, 2.24) is 15.5 Å². The second kappa shape index (κ2) is 9.73. The van der Waals surface area contributed by atoms with Crippen LogP contribution in [0.2, 0.25) is 5.02 Å². The fraction of sp³-hybridized carbons (Fsp3) is 0.522. The zero-order chi connectivity index (χ0) is 21.8. The topological polar surface area (TPSA) is 87.7 Å². The molecule has 7 nitrogen and oxygen atoms in total. The van der Waals surface area contributed by atoms with Gasteiger partial charge in [0.15, 0.2) is 5.76 Å². The van der Waals surface area contributed by atoms with Crippen molar-refractivity contribution >= 4 is 35.4 Å². The van der Waals surface area contributed by atoms with E-state index in [9.17, 15) is 14.4 Å². The number of morpholine rings is 1. The monoisotopic (exact) mass is 445 g/mol. The van der Waals surface area contributed by atoms with Crippen molar-refractivity contribution in [2.24, 2.45) is 5.92 Å². The molecule has 3 fully saturated rings. The van der Waals surface area contributed by atoms with Crippen LogP contribution in [-0.2, 0) is 19.1 Å². The van der Waals surface area contributed by atoms with E-state index >= 15 is 0 Å². The van der Waals surface area contributed by atoms with E-state index in [4.69, 9.17) is 16.3 Å². The summed E-state index contributed by atoms with van der Waals surface area (Å²) in [6.07, 6.45) is 5.82. The van der Waals surface area contributed by atoms with Crippen LogP contribution in [0.3, 0.4) is 0 Å². The van der Waals surface area contributed by atoms with Crippen molar-refractivity contribution in [3.8, 4) is 0 Å². The van der Waals surface area contributed by atoms with E-state index in [2.05, 4.69) is 10.6 Å². The Morgan fingerprint density at radius 3 is 2.90 bits per heavy atom. The molecule has 1 aromatic rings. The molecule has 2 N–H and O–H groups in total. The zero-order valence-corrected chi connectivity index (χ0v) is 18.2. The Balaban J connectivity index is 1.26. The molecule has 0 radical (unpaired) electrons. The third-order valence-corrected chi connectivity index (χ3v) is 6.59. The molecule has 31 heavy (non-hydrogen) atoms. The Bertz CT molecular complexity index is 887. The minimum atomic E-state index is -0.280. The maximum absolute atomic E-state index is 12.6. The van der Waals surface area contributed by atoms with Gasteiger partial charge in [-0.25, -0.2) is 0 Å². The highest BCUT2D eigenvalue weighted by molar-refractivity contribution is 6.32. The summed E-state index contributed by atoms with van der Waals surface area (Å²) >= 11 is 6.18. The predicted octanol–water partition coefficient (Wildman–Crippen LogP) is 2.49. The van der Waals surface area contributed by atoms with Crippen LogP contribution < -0.4 is 10.6 Å². The summed E-state index contributed by atoms with van der Waals surface area (Å²) in [5.74, 6) is 0.0531. The lowest BCUT2D eigenvalue weighted by atomic mass is 9.82. The molecule has 2 saturated heterocycles. The van der Waals surface area contributed by atoms with E-state index in [0.29, 0.717) is 43.8 Å². The number of carbonyl (C=O) groups is 3. The highest BCUT2D eigenvalue weighted by atomic mass is 35.5. The summed E-state index contributed by atoms with van der Waals surface area (Å²) in [4.78, 5) is 38.6. The number of carbonyl (C=O) groups excluding carboxylic acids is 3. The normalized spacial score (nSPS) is 26.9. The van der Waals surface area contributed by atoms with Crippen LogP contribution in [0.4, 0.5) is 0 Å². The van der Waals surface area contributed by atoms with Gasteiger partial charge in [-0.2, -0.15) is 0 Å². The third kappa shape index (κ3) is 5.21. The Kier molecular flexibility index (Phi) is 6.80. The van der Waals surface area contributed by atoms with Crippen LogP contribution in [0, 0.1) is 5.92 Å². The fourth-order valence-corrected chi connectivity index (χ4v) is 4.72. The Morgan fingerprint density at radius 1 is 1.29 bits per heavy atom. The number of hydrogen-bond acceptors (Lipinski definition) is 4. The van der Waals surface area contributed by atoms with Gasteiger partial charge in [0, 0.05) is 37.0 Å². The van der Waals surface area contributed by atoms with E-state index in [1.165, 1.54) is 0 Å². The third-order valence-electron chi connectivity index (χ3n) is 6.24. The molecule has 0 bridgehead atoms. The first-order chi connectivity index (χ1) is 15.0. The SMILES string of the molecule is O=C1NC2CC(C(=O)NCCCN3CCCC3=O)CCC2O/C1=C/c1ccccc1Cl. The highest BCUT2D eigenvalue weighted by Crippen LogP contribution is 2.32. The Hall–Kier alpha value is -2.54. The van der Waals surface area contributed by atoms with Gasteiger partial charge in [0.2, 0.25) is 11.8 Å². The molecule has 3 unspecified atom stereocenters. The first-order valence-electron chi connectivity index (χ1n) is 11.0. The number of benzene rings is 1. The second-order valence-electron chi connectivity index (χ2n) is 8.41. The molecule has 3 aliphatic rings. The van der Waals surface area contributed by atoms with Crippen molar-refractivity contribution < 1.29 is 19.1 Å². The molecule has 8 heteroatoms. The standard InChI is InChI=1S/C23H28ClN3O4/c24-17-6-2-1-5-15(17)14-20-23(30)26-18-13-16(8-9-19(18)31-20)22(29)25-10-4-12-27-11-3-7-21(27)28/h1-2,5-6,14,16,18-19H,3-4,7-13H2,(H,25,29)(H,26,30)/b20-14+. The molecule has 0 spiro atoms. The number of ether oxygens (including phenoxy) is 1. The highest BCUT2D eigenvalue weighted by Gasteiger charge is 2.40. The molecule has 4 rings (SSSR count). The molecule has 1 aromatic carbocycles. The van der Waals surface area contributed by atoms with Crippen molar-refractivity contribution in [1.29, 1.82) is 0 Å². The van der Waals surface area contributed by atoms with Gasteiger partial charge in [0.05, 0.1) is 6.04 Å². The van der Waals surface area contributed by atoms with Crippen LogP contribution in [0.15, 0.2) is 30.0 Å². The van der Waals surface area contributed by atoms with Gasteiger partial charge < -0.3 is 20.3 Å². The number of rotatable bonds is 6. The van der Waals surface area contributed by atoms with Crippen molar-refractivity contribution in [2.75, 3.05) is 19.6 Å². The molecular formula is C23H28ClN3O4. The van der Waals surface area contributed by atoms with E-state index in [-0.39, 0.29) is 41.5 Å². The lowest BCUT2D eigenvalue weighted by molar-refractivity contribution is -0.134. The molecule has 3 amide bonds. The largest absolute Gasteiger partial charge is 0.483 e. The summed E-state index contributed by atoms with van der Waals surface area (Å²) in [6, 6.07) is 7.11. The van der Waals surface area contributed by atoms with Crippen LogP contribution in [0.1, 0.15) is 44.1 Å². The zero-order valence-electron chi connectivity index (χ0n) is 17.4. The number of amides is 3. The number of nitrogens with zero attached hydrogens (tertiary/aromatic N) is 1. The summed E-state index contributed by atoms with van der Waals surface area (Å²) in [5.41, 5.74) is 0.733. The van der Waals surface area contributed by atoms with Crippen LogP contribution in [0.25, 0.3) is 6.08 Å². The molecule has 2 heterocycles. The van der Waals surface area contributed by atoms with Gasteiger partial charge in [-0.05, 0) is 49.8 Å². The minimum Gasteiger partial charge on any atom is -0.483 e. The van der Waals surface area contributed by atoms with Crippen LogP contribution >= 0.6 is 11.6 Å². The van der Waals surface area contributed by atoms with Crippen molar-refractivity contribution in [2.45, 2.75) is 50.7 Å². The number of nitrogens with one attached hydrogen (secondary N) is 2. The Morgan fingerprint density at radius 2 is 2.13 bits per heavy atom. The molecule has 1 aliphatic carbocycles. The van der Waals surface area contributed by atoms with Crippen LogP contribution in [0.5, 0.6) is 0 Å². The average molecular weight is 446 g/mol. The number of hydrogen-bond donors (Lipinski definition) is 2. The van der Waals surface area contributed by atoms with E-state index in [1.54, 1.807) is 12.1 Å². The lowest BCUT2D eigenvalue weighted by Gasteiger charge is -2.39. The lowest BCUT2D eigenvalue weighted by Crippen LogP contribution is -2.54. The van der Waals surface area contributed by atoms with Gasteiger partial charge in [-0.3, -0.25) is 14.4 Å². The fourth-order valence-electron chi connectivity index (χ4n) is 4.53. The van der Waals surface area contributed by atoms with Crippen molar-refractivity contribution in [3.63, 3.8) is 0 Å². The first kappa shape index (κ1) is 21.7. The molecule has 1 saturated carbocycles. The smallest absolute Gasteiger partial charge is 0.286 e. The summed E-state index contributed by atoms with van der Waals surface area (Å²) in [6.45, 7) is 2.07. The second-order valence-corrected chi connectivity index (χ2v) is 8.81. The number of likely N-dealkylation sites (tertiary alicyclic amines) is 1. The maximum Gasteiger partial charge on any atom is 0.286 e. The average Bonchev–Trinajstić information content (AvgIpc) is 3.17.